The van der Waals surface area contributed by atoms with Gasteiger partial charge in [-0.15, -0.1) is 0 Å². The van der Waals surface area contributed by atoms with E-state index in [0.717, 1.165) is 13.0 Å². The van der Waals surface area contributed by atoms with Gasteiger partial charge in [-0.2, -0.15) is 0 Å². The van der Waals surface area contributed by atoms with Gasteiger partial charge in [-0.25, -0.2) is 0 Å². The SMILES string of the molecule is NCC1CCc2ccc(O)cc2C12CCCCC2. The predicted octanol–water partition coefficient (Wildman–Crippen LogP) is 3.12. The molecule has 1 aromatic rings. The van der Waals surface area contributed by atoms with Crippen molar-refractivity contribution in [2.24, 2.45) is 11.7 Å². The van der Waals surface area contributed by atoms with Crippen LogP contribution < -0.4 is 5.73 Å². The highest BCUT2D eigenvalue weighted by Crippen LogP contribution is 2.51. The summed E-state index contributed by atoms with van der Waals surface area (Å²) in [7, 11) is 0. The summed E-state index contributed by atoms with van der Waals surface area (Å²) in [5, 5.41) is 9.83. The monoisotopic (exact) mass is 245 g/mol. The van der Waals surface area contributed by atoms with Crippen molar-refractivity contribution in [1.29, 1.82) is 0 Å². The van der Waals surface area contributed by atoms with Crippen molar-refractivity contribution in [1.82, 2.24) is 0 Å². The van der Waals surface area contributed by atoms with Crippen molar-refractivity contribution in [3.05, 3.63) is 29.3 Å². The summed E-state index contributed by atoms with van der Waals surface area (Å²) >= 11 is 0. The number of hydrogen-bond acceptors (Lipinski definition) is 2. The van der Waals surface area contributed by atoms with Gasteiger partial charge in [0.2, 0.25) is 0 Å². The molecular formula is C16H23NO. The molecule has 1 saturated carbocycles. The van der Waals surface area contributed by atoms with Crippen LogP contribution >= 0.6 is 0 Å². The number of aromatic hydroxyl groups is 1. The van der Waals surface area contributed by atoms with Gasteiger partial charge in [0.25, 0.3) is 0 Å². The highest BCUT2D eigenvalue weighted by Gasteiger charge is 2.43. The van der Waals surface area contributed by atoms with Gasteiger partial charge in [0.05, 0.1) is 0 Å². The quantitative estimate of drug-likeness (QED) is 0.798. The van der Waals surface area contributed by atoms with Crippen molar-refractivity contribution < 1.29 is 5.11 Å². The molecule has 3 N–H and O–H groups in total. The summed E-state index contributed by atoms with van der Waals surface area (Å²) in [6.45, 7) is 0.787. The van der Waals surface area contributed by atoms with Gasteiger partial charge in [-0.3, -0.25) is 0 Å². The highest BCUT2D eigenvalue weighted by atomic mass is 16.3. The number of benzene rings is 1. The molecule has 1 unspecified atom stereocenters. The summed E-state index contributed by atoms with van der Waals surface area (Å²) < 4.78 is 0. The summed E-state index contributed by atoms with van der Waals surface area (Å²) in [5.41, 5.74) is 9.15. The van der Waals surface area contributed by atoms with Crippen LogP contribution in [-0.4, -0.2) is 11.7 Å². The van der Waals surface area contributed by atoms with Crippen molar-refractivity contribution in [2.75, 3.05) is 6.54 Å². The molecule has 3 rings (SSSR count). The summed E-state index contributed by atoms with van der Waals surface area (Å²) in [6, 6.07) is 5.97. The molecule has 98 valence electrons. The van der Waals surface area contributed by atoms with E-state index in [4.69, 9.17) is 5.73 Å². The molecular weight excluding hydrogens is 222 g/mol. The average molecular weight is 245 g/mol. The third-order valence-corrected chi connectivity index (χ3v) is 5.20. The number of nitrogens with two attached hydrogens (primary N) is 1. The summed E-state index contributed by atoms with van der Waals surface area (Å²) in [6.07, 6.45) is 8.83. The van der Waals surface area contributed by atoms with Crippen LogP contribution in [0.15, 0.2) is 18.2 Å². The van der Waals surface area contributed by atoms with E-state index >= 15 is 0 Å². The van der Waals surface area contributed by atoms with Gasteiger partial charge in [0, 0.05) is 0 Å². The molecule has 2 aliphatic rings. The molecule has 0 radical (unpaired) electrons. The molecule has 2 nitrogen and oxygen atoms in total. The molecule has 1 atom stereocenters. The third-order valence-electron chi connectivity index (χ3n) is 5.20. The van der Waals surface area contributed by atoms with E-state index in [1.165, 1.54) is 49.7 Å². The molecule has 0 bridgehead atoms. The minimum absolute atomic E-state index is 0.263. The maximum absolute atomic E-state index is 9.83. The Labute approximate surface area is 109 Å². The first-order valence-electron chi connectivity index (χ1n) is 7.29. The number of hydrogen-bond donors (Lipinski definition) is 2. The lowest BCUT2D eigenvalue weighted by Crippen LogP contribution is -2.44. The van der Waals surface area contributed by atoms with Crippen LogP contribution in [-0.2, 0) is 11.8 Å². The van der Waals surface area contributed by atoms with Crippen molar-refractivity contribution >= 4 is 0 Å². The molecule has 0 saturated heterocycles. The van der Waals surface area contributed by atoms with Crippen LogP contribution in [0.3, 0.4) is 0 Å². The maximum atomic E-state index is 9.83. The van der Waals surface area contributed by atoms with Crippen LogP contribution in [0.2, 0.25) is 0 Å². The lowest BCUT2D eigenvalue weighted by atomic mass is 9.57. The van der Waals surface area contributed by atoms with Crippen LogP contribution in [0, 0.1) is 5.92 Å². The minimum Gasteiger partial charge on any atom is -0.508 e. The van der Waals surface area contributed by atoms with Crippen LogP contribution in [0.4, 0.5) is 0 Å². The third kappa shape index (κ3) is 1.74. The lowest BCUT2D eigenvalue weighted by Gasteiger charge is -2.48. The largest absolute Gasteiger partial charge is 0.508 e. The molecule has 18 heavy (non-hydrogen) atoms. The molecule has 0 amide bonds. The fraction of sp³-hybridized carbons (Fsp3) is 0.625. The Hall–Kier alpha value is -1.02. The predicted molar refractivity (Wildman–Crippen MR) is 73.7 cm³/mol. The standard InChI is InChI=1S/C16H23NO/c17-11-13-6-4-12-5-7-14(18)10-15(12)16(13)8-2-1-3-9-16/h5,7,10,13,18H,1-4,6,8-9,11,17H2. The van der Waals surface area contributed by atoms with E-state index in [1.807, 2.05) is 12.1 Å². The second-order valence-corrected chi connectivity index (χ2v) is 6.03. The maximum Gasteiger partial charge on any atom is 0.115 e. The number of fused-ring (bicyclic) bond motifs is 2. The Balaban J connectivity index is 2.10. The first-order chi connectivity index (χ1) is 8.76. The highest BCUT2D eigenvalue weighted by molar-refractivity contribution is 5.43. The fourth-order valence-electron chi connectivity index (χ4n) is 4.28. The van der Waals surface area contributed by atoms with Crippen LogP contribution in [0.25, 0.3) is 0 Å². The summed E-state index contributed by atoms with van der Waals surface area (Å²) in [5.74, 6) is 1.02. The van der Waals surface area contributed by atoms with Gasteiger partial charge in [0.1, 0.15) is 5.75 Å². The van der Waals surface area contributed by atoms with E-state index < -0.39 is 0 Å². The zero-order valence-electron chi connectivity index (χ0n) is 11.0. The number of phenolic OH excluding ortho intramolecular Hbond substituents is 1. The topological polar surface area (TPSA) is 46.2 Å². The Bertz CT molecular complexity index is 435. The molecule has 0 aliphatic heterocycles. The molecule has 1 aromatic carbocycles. The first kappa shape index (κ1) is 12.0. The second kappa shape index (κ2) is 4.58. The van der Waals surface area contributed by atoms with E-state index in [1.54, 1.807) is 0 Å². The smallest absolute Gasteiger partial charge is 0.115 e. The van der Waals surface area contributed by atoms with Gasteiger partial charge in [-0.05, 0) is 66.8 Å². The molecule has 0 aromatic heterocycles. The Morgan fingerprint density at radius 3 is 2.72 bits per heavy atom. The van der Waals surface area contributed by atoms with E-state index in [0.29, 0.717) is 11.7 Å². The summed E-state index contributed by atoms with van der Waals surface area (Å²) in [4.78, 5) is 0. The molecule has 0 heterocycles. The van der Waals surface area contributed by atoms with Gasteiger partial charge < -0.3 is 10.8 Å². The Morgan fingerprint density at radius 2 is 2.00 bits per heavy atom. The van der Waals surface area contributed by atoms with Crippen LogP contribution in [0.5, 0.6) is 5.75 Å². The minimum atomic E-state index is 0.263. The number of phenols is 1. The van der Waals surface area contributed by atoms with Gasteiger partial charge in [0.15, 0.2) is 0 Å². The number of rotatable bonds is 1. The van der Waals surface area contributed by atoms with Crippen LogP contribution in [0.1, 0.15) is 49.7 Å². The van der Waals surface area contributed by atoms with Crippen molar-refractivity contribution in [3.8, 4) is 5.75 Å². The van der Waals surface area contributed by atoms with Crippen molar-refractivity contribution in [3.63, 3.8) is 0 Å². The van der Waals surface area contributed by atoms with Gasteiger partial charge >= 0.3 is 0 Å². The molecule has 2 heteroatoms. The van der Waals surface area contributed by atoms with Gasteiger partial charge in [-0.1, -0.05) is 25.3 Å². The average Bonchev–Trinajstić information content (AvgIpc) is 2.41. The normalized spacial score (nSPS) is 25.9. The fourth-order valence-corrected chi connectivity index (χ4v) is 4.28. The van der Waals surface area contributed by atoms with E-state index in [9.17, 15) is 5.11 Å². The van der Waals surface area contributed by atoms with E-state index in [2.05, 4.69) is 6.07 Å². The second-order valence-electron chi connectivity index (χ2n) is 6.03. The number of aryl methyl sites for hydroxylation is 1. The molecule has 1 spiro atoms. The van der Waals surface area contributed by atoms with Crippen molar-refractivity contribution in [2.45, 2.75) is 50.4 Å². The zero-order chi connectivity index (χ0) is 12.6. The van der Waals surface area contributed by atoms with E-state index in [-0.39, 0.29) is 5.41 Å². The Morgan fingerprint density at radius 1 is 1.22 bits per heavy atom. The Kier molecular flexibility index (Phi) is 3.06. The zero-order valence-corrected chi connectivity index (χ0v) is 11.0. The molecule has 2 aliphatic carbocycles. The molecule has 1 fully saturated rings. The lowest BCUT2D eigenvalue weighted by molar-refractivity contribution is 0.171. The first-order valence-corrected chi connectivity index (χ1v) is 7.29.